The molecular formula is C26H24N6OS. The fourth-order valence-corrected chi connectivity index (χ4v) is 6.07. The topological polar surface area (TPSA) is 81.4 Å². The molecule has 1 unspecified atom stereocenters. The minimum absolute atomic E-state index is 0.111. The zero-order valence-electron chi connectivity index (χ0n) is 19.0. The summed E-state index contributed by atoms with van der Waals surface area (Å²) in [7, 11) is 1.92. The van der Waals surface area contributed by atoms with Crippen LogP contribution in [-0.2, 0) is 13.6 Å². The Bertz CT molecular complexity index is 1690. The van der Waals surface area contributed by atoms with Crippen LogP contribution in [-0.4, -0.2) is 29.5 Å². The van der Waals surface area contributed by atoms with Gasteiger partial charge < -0.3 is 4.57 Å². The van der Waals surface area contributed by atoms with E-state index in [1.807, 2.05) is 42.1 Å². The third-order valence-corrected chi connectivity index (χ3v) is 7.71. The molecule has 8 heteroatoms. The number of fused-ring (bicyclic) bond motifs is 4. The van der Waals surface area contributed by atoms with E-state index in [0.717, 1.165) is 50.0 Å². The summed E-state index contributed by atoms with van der Waals surface area (Å²) in [6, 6.07) is 16.5. The second kappa shape index (κ2) is 8.22. The van der Waals surface area contributed by atoms with Crippen molar-refractivity contribution in [1.29, 1.82) is 0 Å². The predicted octanol–water partition coefficient (Wildman–Crippen LogP) is 5.20. The molecule has 0 amide bonds. The minimum atomic E-state index is -0.111. The average molecular weight is 469 g/mol. The molecule has 0 saturated heterocycles. The van der Waals surface area contributed by atoms with Gasteiger partial charge in [0, 0.05) is 23.7 Å². The van der Waals surface area contributed by atoms with Gasteiger partial charge in [-0.3, -0.25) is 9.89 Å². The van der Waals surface area contributed by atoms with E-state index in [1.165, 1.54) is 10.2 Å². The van der Waals surface area contributed by atoms with Crippen LogP contribution < -0.4 is 5.56 Å². The summed E-state index contributed by atoms with van der Waals surface area (Å²) in [4.78, 5) is 18.5. The van der Waals surface area contributed by atoms with E-state index in [9.17, 15) is 4.79 Å². The minimum Gasteiger partial charge on any atom is -0.323 e. The third-order valence-electron chi connectivity index (χ3n) is 6.51. The van der Waals surface area contributed by atoms with Crippen LogP contribution in [0.2, 0.25) is 0 Å². The van der Waals surface area contributed by atoms with Gasteiger partial charge in [-0.25, -0.2) is 9.67 Å². The molecule has 0 saturated carbocycles. The normalized spacial score (nSPS) is 12.8. The van der Waals surface area contributed by atoms with E-state index in [-0.39, 0.29) is 11.5 Å². The highest BCUT2D eigenvalue weighted by Crippen LogP contribution is 2.38. The van der Waals surface area contributed by atoms with Gasteiger partial charge in [0.2, 0.25) is 0 Å². The summed E-state index contributed by atoms with van der Waals surface area (Å²) in [6.45, 7) is 2.59. The summed E-state index contributed by atoms with van der Waals surface area (Å²) < 4.78 is 4.48. The van der Waals surface area contributed by atoms with Crippen LogP contribution in [0.3, 0.4) is 0 Å². The molecule has 1 N–H and O–H groups in total. The Kier molecular flexibility index (Phi) is 5.03. The van der Waals surface area contributed by atoms with E-state index in [0.29, 0.717) is 12.1 Å². The first-order valence-electron chi connectivity index (χ1n) is 11.5. The fraction of sp³-hybridized carbons (Fsp3) is 0.231. The van der Waals surface area contributed by atoms with Gasteiger partial charge in [-0.1, -0.05) is 55.8 Å². The van der Waals surface area contributed by atoms with Crippen molar-refractivity contribution in [2.75, 3.05) is 0 Å². The van der Waals surface area contributed by atoms with Crippen molar-refractivity contribution in [2.24, 2.45) is 7.05 Å². The average Bonchev–Trinajstić information content (AvgIpc) is 3.57. The van der Waals surface area contributed by atoms with Crippen molar-refractivity contribution in [3.8, 4) is 0 Å². The molecular weight excluding hydrogens is 444 g/mol. The van der Waals surface area contributed by atoms with Gasteiger partial charge in [0.1, 0.15) is 10.5 Å². The Hall–Kier alpha value is -3.78. The Balaban J connectivity index is 1.45. The highest BCUT2D eigenvalue weighted by molar-refractivity contribution is 7.19. The molecule has 6 rings (SSSR count). The first kappa shape index (κ1) is 20.8. The van der Waals surface area contributed by atoms with Gasteiger partial charge in [0.15, 0.2) is 5.65 Å². The number of H-pyrrole nitrogens is 1. The number of nitrogens with one attached hydrogen (secondary N) is 1. The predicted molar refractivity (Wildman–Crippen MR) is 137 cm³/mol. The number of thiazole rings is 1. The second-order valence-corrected chi connectivity index (χ2v) is 9.66. The maximum atomic E-state index is 13.5. The zero-order chi connectivity index (χ0) is 23.2. The number of aryl methyl sites for hydroxylation is 1. The molecule has 170 valence electrons. The summed E-state index contributed by atoms with van der Waals surface area (Å²) >= 11 is 1.68. The first-order chi connectivity index (χ1) is 16.7. The largest absolute Gasteiger partial charge is 0.323 e. The zero-order valence-corrected chi connectivity index (χ0v) is 19.8. The van der Waals surface area contributed by atoms with Gasteiger partial charge in [0.05, 0.1) is 29.2 Å². The van der Waals surface area contributed by atoms with Gasteiger partial charge in [-0.05, 0) is 23.6 Å². The lowest BCUT2D eigenvalue weighted by atomic mass is 9.95. The molecule has 34 heavy (non-hydrogen) atoms. The number of aromatic nitrogens is 6. The van der Waals surface area contributed by atoms with Gasteiger partial charge in [-0.15, -0.1) is 11.3 Å². The Labute approximate surface area is 199 Å². The maximum absolute atomic E-state index is 13.5. The van der Waals surface area contributed by atoms with Crippen molar-refractivity contribution in [3.05, 3.63) is 87.4 Å². The van der Waals surface area contributed by atoms with Crippen LogP contribution >= 0.6 is 11.3 Å². The highest BCUT2D eigenvalue weighted by Gasteiger charge is 2.23. The lowest BCUT2D eigenvalue weighted by molar-refractivity contribution is 0.646. The standard InChI is InChI=1S/C26H24N6OS/c1-3-8-18(16-9-5-4-6-10-16)25-29-24-23(34-25)20-14-28-32(26(33)22(20)31(24)2)15-17-11-7-12-21-19(17)13-27-30-21/h4-7,9-14,18H,3,8,15H2,1-2H3,(H,27,30). The smallest absolute Gasteiger partial charge is 0.291 e. The molecule has 0 fully saturated rings. The summed E-state index contributed by atoms with van der Waals surface area (Å²) in [5.74, 6) is 0.252. The Morgan fingerprint density at radius 1 is 1.06 bits per heavy atom. The molecule has 0 spiro atoms. The van der Waals surface area contributed by atoms with E-state index in [1.54, 1.807) is 17.5 Å². The van der Waals surface area contributed by atoms with Crippen LogP contribution in [0, 0.1) is 0 Å². The second-order valence-electron chi connectivity index (χ2n) is 8.63. The molecule has 0 bridgehead atoms. The van der Waals surface area contributed by atoms with Gasteiger partial charge >= 0.3 is 0 Å². The van der Waals surface area contributed by atoms with Crippen LogP contribution in [0.15, 0.2) is 65.7 Å². The Morgan fingerprint density at radius 3 is 2.74 bits per heavy atom. The number of hydrogen-bond acceptors (Lipinski definition) is 5. The molecule has 6 aromatic rings. The van der Waals surface area contributed by atoms with Crippen LogP contribution in [0.5, 0.6) is 0 Å². The number of rotatable bonds is 6. The van der Waals surface area contributed by atoms with E-state index >= 15 is 0 Å². The molecule has 0 aliphatic heterocycles. The van der Waals surface area contributed by atoms with Crippen molar-refractivity contribution >= 4 is 43.5 Å². The number of nitrogens with zero attached hydrogens (tertiary/aromatic N) is 5. The van der Waals surface area contributed by atoms with E-state index < -0.39 is 0 Å². The van der Waals surface area contributed by atoms with E-state index in [4.69, 9.17) is 4.98 Å². The molecule has 0 aliphatic rings. The van der Waals surface area contributed by atoms with Crippen molar-refractivity contribution in [1.82, 2.24) is 29.5 Å². The SMILES string of the molecule is CCCC(c1ccccc1)c1nc2c(s1)c1cnn(Cc3cccc4[nH]ncc34)c(=O)c1n2C. The molecule has 0 aliphatic carbocycles. The van der Waals surface area contributed by atoms with Crippen molar-refractivity contribution < 1.29 is 0 Å². The van der Waals surface area contributed by atoms with Crippen molar-refractivity contribution in [3.63, 3.8) is 0 Å². The molecule has 0 radical (unpaired) electrons. The maximum Gasteiger partial charge on any atom is 0.291 e. The lowest BCUT2D eigenvalue weighted by Gasteiger charge is -2.13. The van der Waals surface area contributed by atoms with Crippen LogP contribution in [0.25, 0.3) is 32.2 Å². The third kappa shape index (κ3) is 3.25. The number of hydrogen-bond donors (Lipinski definition) is 1. The monoisotopic (exact) mass is 468 g/mol. The molecule has 2 aromatic carbocycles. The van der Waals surface area contributed by atoms with E-state index in [2.05, 4.69) is 46.5 Å². The van der Waals surface area contributed by atoms with Crippen molar-refractivity contribution in [2.45, 2.75) is 32.2 Å². The quantitative estimate of drug-likeness (QED) is 0.364. The Morgan fingerprint density at radius 2 is 1.91 bits per heavy atom. The first-order valence-corrected chi connectivity index (χ1v) is 12.3. The summed E-state index contributed by atoms with van der Waals surface area (Å²) in [5, 5.41) is 14.6. The molecule has 7 nitrogen and oxygen atoms in total. The fourth-order valence-electron chi connectivity index (χ4n) is 4.80. The number of benzene rings is 2. The number of aromatic amines is 1. The summed E-state index contributed by atoms with van der Waals surface area (Å²) in [6.07, 6.45) is 5.71. The van der Waals surface area contributed by atoms with Gasteiger partial charge in [0.25, 0.3) is 5.56 Å². The highest BCUT2D eigenvalue weighted by atomic mass is 32.1. The lowest BCUT2D eigenvalue weighted by Crippen LogP contribution is -2.24. The summed E-state index contributed by atoms with van der Waals surface area (Å²) in [5.41, 5.74) is 4.61. The molecule has 4 aromatic heterocycles. The van der Waals surface area contributed by atoms with Gasteiger partial charge in [-0.2, -0.15) is 10.2 Å². The van der Waals surface area contributed by atoms with Crippen LogP contribution in [0.4, 0.5) is 0 Å². The molecule has 1 atom stereocenters. The van der Waals surface area contributed by atoms with Crippen LogP contribution in [0.1, 0.15) is 41.8 Å². The molecule has 4 heterocycles.